The number of rotatable bonds is 10. The van der Waals surface area contributed by atoms with Crippen molar-refractivity contribution in [2.24, 2.45) is 7.05 Å². The SMILES string of the molecule is CC[C@@H](COC)Oc1cc(Oc2ccc(C(=O)N3CCC3)cc2Cl)cc(C(=O)Nc2ccn(C)n2)c1. The average molecular weight is 513 g/mol. The number of carbonyl (C=O) groups excluding carboxylic acids is 2. The highest BCUT2D eigenvalue weighted by molar-refractivity contribution is 6.32. The third-order valence-electron chi connectivity index (χ3n) is 5.76. The maximum atomic E-state index is 13.0. The van der Waals surface area contributed by atoms with E-state index in [0.29, 0.717) is 47.2 Å². The summed E-state index contributed by atoms with van der Waals surface area (Å²) < 4.78 is 18.9. The molecule has 2 amide bonds. The number of benzene rings is 2. The number of halogens is 1. The van der Waals surface area contributed by atoms with Gasteiger partial charge in [0.1, 0.15) is 23.4 Å². The summed E-state index contributed by atoms with van der Waals surface area (Å²) in [5.41, 5.74) is 0.825. The first kappa shape index (κ1) is 25.5. The van der Waals surface area contributed by atoms with E-state index in [9.17, 15) is 9.59 Å². The van der Waals surface area contributed by atoms with Crippen LogP contribution < -0.4 is 14.8 Å². The number of anilines is 1. The Balaban J connectivity index is 1.59. The standard InChI is InChI=1S/C26H29ClN4O5/c1-4-19(16-34-3)35-20-12-18(25(32)28-24-8-11-30(2)29-24)13-21(15-20)36-23-7-6-17(14-22(23)27)26(33)31-9-5-10-31/h6-8,11-15,19H,4-5,9-10,16H2,1-3H3,(H,28,29,32)/t19-/m0/s1. The van der Waals surface area contributed by atoms with Crippen molar-refractivity contribution in [3.05, 3.63) is 64.8 Å². The van der Waals surface area contributed by atoms with Crippen LogP contribution in [0.15, 0.2) is 48.7 Å². The van der Waals surface area contributed by atoms with Crippen molar-refractivity contribution in [2.75, 3.05) is 32.1 Å². The van der Waals surface area contributed by atoms with Gasteiger partial charge in [-0.15, -0.1) is 0 Å². The first-order valence-corrected chi connectivity index (χ1v) is 12.1. The minimum Gasteiger partial charge on any atom is -0.488 e. The normalized spacial score (nSPS) is 13.6. The van der Waals surface area contributed by atoms with Gasteiger partial charge in [-0.05, 0) is 43.2 Å². The van der Waals surface area contributed by atoms with Gasteiger partial charge in [0.2, 0.25) is 0 Å². The van der Waals surface area contributed by atoms with Crippen molar-refractivity contribution >= 4 is 29.2 Å². The number of carbonyl (C=O) groups is 2. The van der Waals surface area contributed by atoms with Crippen molar-refractivity contribution in [3.63, 3.8) is 0 Å². The molecule has 190 valence electrons. The van der Waals surface area contributed by atoms with E-state index in [-0.39, 0.29) is 22.9 Å². The summed E-state index contributed by atoms with van der Waals surface area (Å²) in [5.74, 6) is 1.16. The number of aromatic nitrogens is 2. The number of amides is 2. The molecule has 0 unspecified atom stereocenters. The molecule has 0 saturated carbocycles. The molecule has 2 heterocycles. The largest absolute Gasteiger partial charge is 0.488 e. The van der Waals surface area contributed by atoms with Gasteiger partial charge in [0, 0.05) is 56.7 Å². The fourth-order valence-corrected chi connectivity index (χ4v) is 3.88. The lowest BCUT2D eigenvalue weighted by Gasteiger charge is -2.31. The number of methoxy groups -OCH3 is 1. The van der Waals surface area contributed by atoms with Crippen LogP contribution in [0.5, 0.6) is 17.2 Å². The zero-order valence-corrected chi connectivity index (χ0v) is 21.2. The van der Waals surface area contributed by atoms with E-state index in [1.54, 1.807) is 72.4 Å². The summed E-state index contributed by atoms with van der Waals surface area (Å²) in [5, 5.41) is 7.25. The highest BCUT2D eigenvalue weighted by atomic mass is 35.5. The Hall–Kier alpha value is -3.56. The van der Waals surface area contributed by atoms with Crippen LogP contribution in [0.4, 0.5) is 5.82 Å². The lowest BCUT2D eigenvalue weighted by atomic mass is 10.1. The van der Waals surface area contributed by atoms with E-state index < -0.39 is 0 Å². The summed E-state index contributed by atoms with van der Waals surface area (Å²) in [6, 6.07) is 11.5. The lowest BCUT2D eigenvalue weighted by molar-refractivity contribution is 0.0651. The maximum Gasteiger partial charge on any atom is 0.257 e. The Kier molecular flexibility index (Phi) is 8.12. The average Bonchev–Trinajstić information content (AvgIpc) is 3.23. The van der Waals surface area contributed by atoms with Gasteiger partial charge in [-0.3, -0.25) is 14.3 Å². The fraction of sp³-hybridized carbons (Fsp3) is 0.346. The van der Waals surface area contributed by atoms with E-state index in [1.165, 1.54) is 0 Å². The number of aryl methyl sites for hydroxylation is 1. The molecule has 2 aromatic carbocycles. The van der Waals surface area contributed by atoms with Crippen molar-refractivity contribution in [1.29, 1.82) is 0 Å². The second-order valence-electron chi connectivity index (χ2n) is 8.52. The zero-order valence-electron chi connectivity index (χ0n) is 20.5. The van der Waals surface area contributed by atoms with Crippen molar-refractivity contribution in [2.45, 2.75) is 25.9 Å². The predicted octanol–water partition coefficient (Wildman–Crippen LogP) is 4.77. The van der Waals surface area contributed by atoms with E-state index in [2.05, 4.69) is 10.4 Å². The molecule has 0 bridgehead atoms. The minimum atomic E-state index is -0.370. The van der Waals surface area contributed by atoms with E-state index in [1.807, 2.05) is 6.92 Å². The molecule has 1 aliphatic rings. The number of hydrogen-bond acceptors (Lipinski definition) is 6. The maximum absolute atomic E-state index is 13.0. The second kappa shape index (κ2) is 11.5. The molecule has 1 atom stereocenters. The van der Waals surface area contributed by atoms with Gasteiger partial charge in [-0.2, -0.15) is 5.10 Å². The number of nitrogens with zero attached hydrogens (tertiary/aromatic N) is 3. The van der Waals surface area contributed by atoms with E-state index in [4.69, 9.17) is 25.8 Å². The number of hydrogen-bond donors (Lipinski definition) is 1. The molecule has 10 heteroatoms. The van der Waals surface area contributed by atoms with Crippen LogP contribution in [0.1, 0.15) is 40.5 Å². The Morgan fingerprint density at radius 3 is 2.50 bits per heavy atom. The molecule has 0 radical (unpaired) electrons. The summed E-state index contributed by atoms with van der Waals surface area (Å²) in [6.45, 7) is 3.90. The van der Waals surface area contributed by atoms with Crippen LogP contribution in [0.3, 0.4) is 0 Å². The Labute approximate surface area is 214 Å². The van der Waals surface area contributed by atoms with Crippen molar-refractivity contribution in [3.8, 4) is 17.2 Å². The highest BCUT2D eigenvalue weighted by Crippen LogP contribution is 2.34. The monoisotopic (exact) mass is 512 g/mol. The molecule has 1 N–H and O–H groups in total. The molecule has 1 aromatic heterocycles. The van der Waals surface area contributed by atoms with Crippen LogP contribution in [-0.2, 0) is 11.8 Å². The van der Waals surface area contributed by atoms with Crippen LogP contribution in [0, 0.1) is 0 Å². The van der Waals surface area contributed by atoms with E-state index in [0.717, 1.165) is 19.5 Å². The molecule has 36 heavy (non-hydrogen) atoms. The van der Waals surface area contributed by atoms with Gasteiger partial charge >= 0.3 is 0 Å². The van der Waals surface area contributed by atoms with Gasteiger partial charge in [0.15, 0.2) is 5.82 Å². The molecule has 1 fully saturated rings. The number of nitrogens with one attached hydrogen (secondary N) is 1. The van der Waals surface area contributed by atoms with Gasteiger partial charge < -0.3 is 24.4 Å². The topological polar surface area (TPSA) is 94.9 Å². The van der Waals surface area contributed by atoms with Crippen molar-refractivity contribution in [1.82, 2.24) is 14.7 Å². The Morgan fingerprint density at radius 1 is 1.11 bits per heavy atom. The predicted molar refractivity (Wildman–Crippen MR) is 136 cm³/mol. The molecule has 0 spiro atoms. The van der Waals surface area contributed by atoms with Crippen LogP contribution in [-0.4, -0.2) is 59.4 Å². The van der Waals surface area contributed by atoms with Crippen molar-refractivity contribution < 1.29 is 23.8 Å². The summed E-state index contributed by atoms with van der Waals surface area (Å²) in [6.07, 6.45) is 3.26. The van der Waals surface area contributed by atoms with Crippen LogP contribution in [0.25, 0.3) is 0 Å². The molecular weight excluding hydrogens is 484 g/mol. The fourth-order valence-electron chi connectivity index (χ4n) is 3.66. The summed E-state index contributed by atoms with van der Waals surface area (Å²) in [4.78, 5) is 27.2. The first-order valence-electron chi connectivity index (χ1n) is 11.7. The summed E-state index contributed by atoms with van der Waals surface area (Å²) >= 11 is 6.46. The number of likely N-dealkylation sites (tertiary alicyclic amines) is 1. The van der Waals surface area contributed by atoms with Gasteiger partial charge in [0.25, 0.3) is 11.8 Å². The first-order chi connectivity index (χ1) is 17.4. The molecule has 3 aromatic rings. The third-order valence-corrected chi connectivity index (χ3v) is 6.05. The zero-order chi connectivity index (χ0) is 25.7. The van der Waals surface area contributed by atoms with Crippen LogP contribution >= 0.6 is 11.6 Å². The lowest BCUT2D eigenvalue weighted by Crippen LogP contribution is -2.41. The minimum absolute atomic E-state index is 0.0534. The Bertz CT molecular complexity index is 1240. The molecule has 4 rings (SSSR count). The molecule has 9 nitrogen and oxygen atoms in total. The number of ether oxygens (including phenoxy) is 3. The molecule has 1 saturated heterocycles. The molecule has 0 aliphatic carbocycles. The highest BCUT2D eigenvalue weighted by Gasteiger charge is 2.22. The van der Waals surface area contributed by atoms with E-state index >= 15 is 0 Å². The quantitative estimate of drug-likeness (QED) is 0.420. The third kappa shape index (κ3) is 6.16. The summed E-state index contributed by atoms with van der Waals surface area (Å²) in [7, 11) is 3.37. The second-order valence-corrected chi connectivity index (χ2v) is 8.93. The molecular formula is C26H29ClN4O5. The smallest absolute Gasteiger partial charge is 0.257 e. The van der Waals surface area contributed by atoms with Gasteiger partial charge in [0.05, 0.1) is 11.6 Å². The van der Waals surface area contributed by atoms with Crippen LogP contribution in [0.2, 0.25) is 5.02 Å². The Morgan fingerprint density at radius 2 is 1.89 bits per heavy atom. The van der Waals surface area contributed by atoms with Gasteiger partial charge in [-0.25, -0.2) is 0 Å². The van der Waals surface area contributed by atoms with Gasteiger partial charge in [-0.1, -0.05) is 18.5 Å². The molecule has 1 aliphatic heterocycles.